The number of hydrogen-bond acceptors (Lipinski definition) is 4. The summed E-state index contributed by atoms with van der Waals surface area (Å²) in [6, 6.07) is 1.50. The van der Waals surface area contributed by atoms with Crippen molar-refractivity contribution < 1.29 is 9.90 Å². The highest BCUT2D eigenvalue weighted by molar-refractivity contribution is 6.29. The Morgan fingerprint density at radius 2 is 2.21 bits per heavy atom. The van der Waals surface area contributed by atoms with Crippen LogP contribution in [0.4, 0.5) is 5.69 Å². The first kappa shape index (κ1) is 14.1. The Labute approximate surface area is 117 Å². The van der Waals surface area contributed by atoms with Crippen molar-refractivity contribution in [1.29, 1.82) is 0 Å². The standard InChI is InChI=1S/C13H18ClN3O2/c1-8(18)9-2-4-17(5-3-9)13(19)10-6-12(14)16-7-11(10)15/h6-9,18H,2-5,15H2,1H3. The monoisotopic (exact) mass is 283 g/mol. The number of nitrogens with two attached hydrogens (primary N) is 1. The van der Waals surface area contributed by atoms with Crippen LogP contribution in [-0.4, -0.2) is 40.1 Å². The van der Waals surface area contributed by atoms with Gasteiger partial charge in [0, 0.05) is 13.1 Å². The van der Waals surface area contributed by atoms with Gasteiger partial charge in [0.2, 0.25) is 0 Å². The third-order valence-corrected chi connectivity index (χ3v) is 3.85. The lowest BCUT2D eigenvalue weighted by Crippen LogP contribution is -2.41. The number of piperidine rings is 1. The van der Waals surface area contributed by atoms with Crippen molar-refractivity contribution in [1.82, 2.24) is 9.88 Å². The predicted octanol–water partition coefficient (Wildman–Crippen LogP) is 1.55. The summed E-state index contributed by atoms with van der Waals surface area (Å²) in [5.41, 5.74) is 6.50. The Balaban J connectivity index is 2.07. The largest absolute Gasteiger partial charge is 0.397 e. The van der Waals surface area contributed by atoms with E-state index in [0.29, 0.717) is 24.3 Å². The fourth-order valence-electron chi connectivity index (χ4n) is 2.38. The Morgan fingerprint density at radius 3 is 2.79 bits per heavy atom. The molecule has 6 heteroatoms. The Bertz CT molecular complexity index is 471. The molecule has 0 aromatic carbocycles. The second-order valence-corrected chi connectivity index (χ2v) is 5.35. The first-order chi connectivity index (χ1) is 8.99. The summed E-state index contributed by atoms with van der Waals surface area (Å²) in [6.07, 6.45) is 2.69. The van der Waals surface area contributed by atoms with E-state index in [9.17, 15) is 9.90 Å². The van der Waals surface area contributed by atoms with Crippen molar-refractivity contribution in [3.63, 3.8) is 0 Å². The molecule has 1 atom stereocenters. The zero-order valence-electron chi connectivity index (χ0n) is 10.8. The van der Waals surface area contributed by atoms with Crippen LogP contribution in [0, 0.1) is 5.92 Å². The fourth-order valence-corrected chi connectivity index (χ4v) is 2.54. The number of aliphatic hydroxyl groups excluding tert-OH is 1. The van der Waals surface area contributed by atoms with E-state index in [4.69, 9.17) is 17.3 Å². The van der Waals surface area contributed by atoms with Crippen LogP contribution in [0.25, 0.3) is 0 Å². The number of hydrogen-bond donors (Lipinski definition) is 2. The third kappa shape index (κ3) is 3.16. The lowest BCUT2D eigenvalue weighted by molar-refractivity contribution is 0.0522. The SMILES string of the molecule is CC(O)C1CCN(C(=O)c2cc(Cl)ncc2N)CC1. The van der Waals surface area contributed by atoms with Gasteiger partial charge in [-0.15, -0.1) is 0 Å². The average Bonchev–Trinajstić information content (AvgIpc) is 2.41. The zero-order valence-corrected chi connectivity index (χ0v) is 11.6. The third-order valence-electron chi connectivity index (χ3n) is 3.64. The van der Waals surface area contributed by atoms with E-state index in [1.165, 1.54) is 12.3 Å². The molecule has 0 spiro atoms. The quantitative estimate of drug-likeness (QED) is 0.807. The predicted molar refractivity (Wildman–Crippen MR) is 74.0 cm³/mol. The maximum atomic E-state index is 12.3. The van der Waals surface area contributed by atoms with Gasteiger partial charge in [-0.25, -0.2) is 4.98 Å². The minimum atomic E-state index is -0.322. The van der Waals surface area contributed by atoms with Crippen LogP contribution in [0.15, 0.2) is 12.3 Å². The van der Waals surface area contributed by atoms with Gasteiger partial charge in [0.1, 0.15) is 5.15 Å². The first-order valence-corrected chi connectivity index (χ1v) is 6.75. The number of pyridine rings is 1. The second kappa shape index (κ2) is 5.75. The van der Waals surface area contributed by atoms with Gasteiger partial charge in [-0.3, -0.25) is 4.79 Å². The number of likely N-dealkylation sites (tertiary alicyclic amines) is 1. The van der Waals surface area contributed by atoms with Crippen LogP contribution in [-0.2, 0) is 0 Å². The number of carbonyl (C=O) groups is 1. The molecule has 0 bridgehead atoms. The smallest absolute Gasteiger partial charge is 0.256 e. The van der Waals surface area contributed by atoms with Crippen molar-refractivity contribution >= 4 is 23.2 Å². The van der Waals surface area contributed by atoms with Gasteiger partial charge in [0.25, 0.3) is 5.91 Å². The second-order valence-electron chi connectivity index (χ2n) is 4.96. The minimum Gasteiger partial charge on any atom is -0.397 e. The summed E-state index contributed by atoms with van der Waals surface area (Å²) < 4.78 is 0. The number of amides is 1. The van der Waals surface area contributed by atoms with Crippen molar-refractivity contribution in [3.05, 3.63) is 23.0 Å². The van der Waals surface area contributed by atoms with Crippen LogP contribution in [0.2, 0.25) is 5.15 Å². The number of carbonyl (C=O) groups excluding carboxylic acids is 1. The molecule has 19 heavy (non-hydrogen) atoms. The van der Waals surface area contributed by atoms with Crippen molar-refractivity contribution in [2.75, 3.05) is 18.8 Å². The van der Waals surface area contributed by atoms with Crippen molar-refractivity contribution in [3.8, 4) is 0 Å². The zero-order chi connectivity index (χ0) is 14.0. The van der Waals surface area contributed by atoms with E-state index in [1.807, 2.05) is 0 Å². The van der Waals surface area contributed by atoms with E-state index in [1.54, 1.807) is 11.8 Å². The molecule has 1 amide bonds. The normalized spacial score (nSPS) is 18.4. The van der Waals surface area contributed by atoms with Crippen LogP contribution >= 0.6 is 11.6 Å². The molecule has 0 saturated carbocycles. The van der Waals surface area contributed by atoms with Crippen LogP contribution in [0.3, 0.4) is 0 Å². The van der Waals surface area contributed by atoms with Gasteiger partial charge in [0.15, 0.2) is 0 Å². The summed E-state index contributed by atoms with van der Waals surface area (Å²) in [6.45, 7) is 3.06. The fraction of sp³-hybridized carbons (Fsp3) is 0.538. The molecular weight excluding hydrogens is 266 g/mol. The molecule has 2 heterocycles. The van der Waals surface area contributed by atoms with E-state index in [2.05, 4.69) is 4.98 Å². The molecule has 1 unspecified atom stereocenters. The number of aliphatic hydroxyl groups is 1. The first-order valence-electron chi connectivity index (χ1n) is 6.37. The van der Waals surface area contributed by atoms with Crippen LogP contribution in [0.5, 0.6) is 0 Å². The summed E-state index contributed by atoms with van der Waals surface area (Å²) in [5, 5.41) is 9.81. The maximum Gasteiger partial charge on any atom is 0.256 e. The molecular formula is C13H18ClN3O2. The lowest BCUT2D eigenvalue weighted by atomic mass is 9.92. The van der Waals surface area contributed by atoms with Gasteiger partial charge in [-0.05, 0) is 31.7 Å². The summed E-state index contributed by atoms with van der Waals surface area (Å²) >= 11 is 5.79. The van der Waals surface area contributed by atoms with E-state index < -0.39 is 0 Å². The number of rotatable bonds is 2. The van der Waals surface area contributed by atoms with Crippen LogP contribution < -0.4 is 5.73 Å². The molecule has 0 aliphatic carbocycles. The molecule has 1 fully saturated rings. The van der Waals surface area contributed by atoms with Gasteiger partial charge in [-0.2, -0.15) is 0 Å². The lowest BCUT2D eigenvalue weighted by Gasteiger charge is -2.33. The van der Waals surface area contributed by atoms with Gasteiger partial charge >= 0.3 is 0 Å². The topological polar surface area (TPSA) is 79.5 Å². The van der Waals surface area contributed by atoms with Crippen LogP contribution in [0.1, 0.15) is 30.1 Å². The molecule has 1 aromatic rings. The molecule has 1 aliphatic rings. The number of nitrogen functional groups attached to an aromatic ring is 1. The van der Waals surface area contributed by atoms with Gasteiger partial charge in [0.05, 0.1) is 23.6 Å². The highest BCUT2D eigenvalue weighted by Gasteiger charge is 2.27. The number of anilines is 1. The molecule has 104 valence electrons. The summed E-state index contributed by atoms with van der Waals surface area (Å²) in [5.74, 6) is 0.147. The van der Waals surface area contributed by atoms with E-state index >= 15 is 0 Å². The Morgan fingerprint density at radius 1 is 1.58 bits per heavy atom. The summed E-state index contributed by atoms with van der Waals surface area (Å²) in [4.78, 5) is 17.9. The van der Waals surface area contributed by atoms with Crippen molar-refractivity contribution in [2.24, 2.45) is 5.92 Å². The molecule has 1 saturated heterocycles. The van der Waals surface area contributed by atoms with Gasteiger partial charge in [-0.1, -0.05) is 11.6 Å². The summed E-state index contributed by atoms with van der Waals surface area (Å²) in [7, 11) is 0. The Kier molecular flexibility index (Phi) is 4.27. The molecule has 2 rings (SSSR count). The Hall–Kier alpha value is -1.33. The molecule has 1 aromatic heterocycles. The number of nitrogens with zero attached hydrogens (tertiary/aromatic N) is 2. The van der Waals surface area contributed by atoms with E-state index in [-0.39, 0.29) is 23.1 Å². The molecule has 0 radical (unpaired) electrons. The molecule has 5 nitrogen and oxygen atoms in total. The highest BCUT2D eigenvalue weighted by Crippen LogP contribution is 2.24. The number of halogens is 1. The number of aromatic nitrogens is 1. The molecule has 3 N–H and O–H groups in total. The average molecular weight is 284 g/mol. The highest BCUT2D eigenvalue weighted by atomic mass is 35.5. The molecule has 1 aliphatic heterocycles. The van der Waals surface area contributed by atoms with Crippen molar-refractivity contribution in [2.45, 2.75) is 25.9 Å². The van der Waals surface area contributed by atoms with E-state index in [0.717, 1.165) is 12.8 Å². The van der Waals surface area contributed by atoms with Gasteiger partial charge < -0.3 is 15.7 Å². The maximum absolute atomic E-state index is 12.3. The minimum absolute atomic E-state index is 0.120.